The molecule has 1 aromatic carbocycles. The van der Waals surface area contributed by atoms with Gasteiger partial charge >= 0.3 is 0 Å². The molecule has 96 valence electrons. The summed E-state index contributed by atoms with van der Waals surface area (Å²) in [6.45, 7) is 0.220. The van der Waals surface area contributed by atoms with E-state index in [1.165, 1.54) is 0 Å². The van der Waals surface area contributed by atoms with Crippen molar-refractivity contribution in [3.8, 4) is 17.2 Å². The summed E-state index contributed by atoms with van der Waals surface area (Å²) in [5.74, 6) is 1.95. The molecule has 0 radical (unpaired) electrons. The zero-order valence-electron chi connectivity index (χ0n) is 10.2. The lowest BCUT2D eigenvalue weighted by molar-refractivity contribution is 0.257. The summed E-state index contributed by atoms with van der Waals surface area (Å²) in [5, 5.41) is 3.74. The third-order valence-electron chi connectivity index (χ3n) is 2.32. The minimum Gasteiger partial charge on any atom is -0.493 e. The SMILES string of the molecule is COc1cccc(OC)c1OCc1cc(N)on1. The fourth-order valence-electron chi connectivity index (χ4n) is 1.50. The number of nitrogens with two attached hydrogens (primary N) is 1. The maximum Gasteiger partial charge on any atom is 0.222 e. The van der Waals surface area contributed by atoms with Gasteiger partial charge in [-0.05, 0) is 12.1 Å². The molecule has 0 bridgehead atoms. The zero-order chi connectivity index (χ0) is 13.0. The van der Waals surface area contributed by atoms with E-state index in [-0.39, 0.29) is 12.5 Å². The molecule has 0 saturated heterocycles. The lowest BCUT2D eigenvalue weighted by Crippen LogP contribution is -2.00. The van der Waals surface area contributed by atoms with Crippen molar-refractivity contribution in [3.63, 3.8) is 0 Å². The van der Waals surface area contributed by atoms with Crippen molar-refractivity contribution < 1.29 is 18.7 Å². The number of methoxy groups -OCH3 is 2. The topological polar surface area (TPSA) is 79.7 Å². The highest BCUT2D eigenvalue weighted by molar-refractivity contribution is 5.51. The number of hydrogen-bond donors (Lipinski definition) is 1. The lowest BCUT2D eigenvalue weighted by atomic mass is 10.3. The van der Waals surface area contributed by atoms with Crippen LogP contribution in [0.4, 0.5) is 5.88 Å². The third-order valence-corrected chi connectivity index (χ3v) is 2.32. The van der Waals surface area contributed by atoms with Gasteiger partial charge < -0.3 is 24.5 Å². The van der Waals surface area contributed by atoms with E-state index in [1.54, 1.807) is 32.4 Å². The molecule has 0 unspecified atom stereocenters. The molecule has 0 spiro atoms. The predicted molar refractivity (Wildman–Crippen MR) is 64.8 cm³/mol. The van der Waals surface area contributed by atoms with Gasteiger partial charge in [0.2, 0.25) is 11.6 Å². The largest absolute Gasteiger partial charge is 0.493 e. The second-order valence-electron chi connectivity index (χ2n) is 3.50. The molecule has 0 aliphatic carbocycles. The van der Waals surface area contributed by atoms with E-state index in [9.17, 15) is 0 Å². The van der Waals surface area contributed by atoms with Gasteiger partial charge in [0.25, 0.3) is 0 Å². The van der Waals surface area contributed by atoms with Crippen molar-refractivity contribution in [2.24, 2.45) is 0 Å². The van der Waals surface area contributed by atoms with Gasteiger partial charge in [0.1, 0.15) is 12.3 Å². The Morgan fingerprint density at radius 2 is 1.89 bits per heavy atom. The van der Waals surface area contributed by atoms with Crippen LogP contribution in [-0.2, 0) is 6.61 Å². The van der Waals surface area contributed by atoms with Crippen LogP contribution in [0, 0.1) is 0 Å². The lowest BCUT2D eigenvalue weighted by Gasteiger charge is -2.12. The average Bonchev–Trinajstić information content (AvgIpc) is 2.81. The Kier molecular flexibility index (Phi) is 3.57. The Morgan fingerprint density at radius 1 is 1.22 bits per heavy atom. The maximum absolute atomic E-state index is 5.62. The van der Waals surface area contributed by atoms with Crippen LogP contribution >= 0.6 is 0 Å². The molecule has 1 aromatic heterocycles. The summed E-state index contributed by atoms with van der Waals surface area (Å²) in [4.78, 5) is 0. The predicted octanol–water partition coefficient (Wildman–Crippen LogP) is 1.85. The van der Waals surface area contributed by atoms with Crippen LogP contribution in [0.2, 0.25) is 0 Å². The first kappa shape index (κ1) is 12.1. The number of rotatable bonds is 5. The van der Waals surface area contributed by atoms with Crippen LogP contribution in [-0.4, -0.2) is 19.4 Å². The van der Waals surface area contributed by atoms with Gasteiger partial charge in [-0.1, -0.05) is 11.2 Å². The first-order valence-electron chi connectivity index (χ1n) is 5.29. The Balaban J connectivity index is 2.17. The van der Waals surface area contributed by atoms with Crippen molar-refractivity contribution in [3.05, 3.63) is 30.0 Å². The number of para-hydroxylation sites is 1. The Bertz CT molecular complexity index is 502. The molecule has 0 aliphatic heterocycles. The molecule has 2 rings (SSSR count). The summed E-state index contributed by atoms with van der Waals surface area (Å²) >= 11 is 0. The van der Waals surface area contributed by atoms with Crippen molar-refractivity contribution in [1.82, 2.24) is 5.16 Å². The molecular formula is C12H14N2O4. The summed E-state index contributed by atoms with van der Waals surface area (Å²) in [7, 11) is 3.13. The zero-order valence-corrected chi connectivity index (χ0v) is 10.2. The average molecular weight is 250 g/mol. The minimum atomic E-state index is 0.220. The van der Waals surface area contributed by atoms with Gasteiger partial charge in [-0.25, -0.2) is 0 Å². The van der Waals surface area contributed by atoms with Crippen molar-refractivity contribution >= 4 is 5.88 Å². The number of aromatic nitrogens is 1. The number of hydrogen-bond acceptors (Lipinski definition) is 6. The summed E-state index contributed by atoms with van der Waals surface area (Å²) in [6, 6.07) is 6.99. The van der Waals surface area contributed by atoms with E-state index in [1.807, 2.05) is 6.07 Å². The first-order valence-corrected chi connectivity index (χ1v) is 5.29. The van der Waals surface area contributed by atoms with Crippen molar-refractivity contribution in [1.29, 1.82) is 0 Å². The second kappa shape index (κ2) is 5.31. The number of nitrogens with zero attached hydrogens (tertiary/aromatic N) is 1. The minimum absolute atomic E-state index is 0.220. The summed E-state index contributed by atoms with van der Waals surface area (Å²) < 4.78 is 20.8. The van der Waals surface area contributed by atoms with Crippen LogP contribution in [0.3, 0.4) is 0 Å². The fraction of sp³-hybridized carbons (Fsp3) is 0.250. The maximum atomic E-state index is 5.62. The number of nitrogen functional groups attached to an aromatic ring is 1. The summed E-state index contributed by atoms with van der Waals surface area (Å²) in [5.41, 5.74) is 6.02. The molecule has 2 N–H and O–H groups in total. The molecule has 0 atom stereocenters. The monoisotopic (exact) mass is 250 g/mol. The molecule has 6 nitrogen and oxygen atoms in total. The Labute approximate surface area is 104 Å². The molecule has 18 heavy (non-hydrogen) atoms. The Morgan fingerprint density at radius 3 is 2.39 bits per heavy atom. The van der Waals surface area contributed by atoms with Crippen LogP contribution in [0.25, 0.3) is 0 Å². The highest BCUT2D eigenvalue weighted by Crippen LogP contribution is 2.37. The van der Waals surface area contributed by atoms with E-state index in [2.05, 4.69) is 5.16 Å². The second-order valence-corrected chi connectivity index (χ2v) is 3.50. The molecular weight excluding hydrogens is 236 g/mol. The molecule has 0 fully saturated rings. The quantitative estimate of drug-likeness (QED) is 0.872. The molecule has 0 saturated carbocycles. The van der Waals surface area contributed by atoms with Crippen molar-refractivity contribution in [2.45, 2.75) is 6.61 Å². The van der Waals surface area contributed by atoms with Crippen LogP contribution < -0.4 is 19.9 Å². The van der Waals surface area contributed by atoms with Crippen LogP contribution in [0.15, 0.2) is 28.8 Å². The van der Waals surface area contributed by atoms with E-state index in [0.29, 0.717) is 22.9 Å². The molecule has 0 aliphatic rings. The molecule has 2 aromatic rings. The van der Waals surface area contributed by atoms with E-state index < -0.39 is 0 Å². The normalized spacial score (nSPS) is 10.1. The van der Waals surface area contributed by atoms with E-state index >= 15 is 0 Å². The van der Waals surface area contributed by atoms with Gasteiger partial charge in [-0.2, -0.15) is 0 Å². The molecule has 1 heterocycles. The van der Waals surface area contributed by atoms with E-state index in [4.69, 9.17) is 24.5 Å². The van der Waals surface area contributed by atoms with Gasteiger partial charge in [-0.15, -0.1) is 0 Å². The third kappa shape index (κ3) is 2.48. The number of anilines is 1. The number of ether oxygens (including phenoxy) is 3. The van der Waals surface area contributed by atoms with Crippen LogP contribution in [0.5, 0.6) is 17.2 Å². The van der Waals surface area contributed by atoms with E-state index in [0.717, 1.165) is 0 Å². The molecule has 0 amide bonds. The molecule has 6 heteroatoms. The Hall–Kier alpha value is -2.37. The van der Waals surface area contributed by atoms with Gasteiger partial charge in [0, 0.05) is 6.07 Å². The van der Waals surface area contributed by atoms with Crippen LogP contribution in [0.1, 0.15) is 5.69 Å². The van der Waals surface area contributed by atoms with Gasteiger partial charge in [0.05, 0.1) is 14.2 Å². The highest BCUT2D eigenvalue weighted by atomic mass is 16.5. The highest BCUT2D eigenvalue weighted by Gasteiger charge is 2.12. The standard InChI is InChI=1S/C12H14N2O4/c1-15-9-4-3-5-10(16-2)12(9)17-7-8-6-11(13)18-14-8/h3-6H,7,13H2,1-2H3. The van der Waals surface area contributed by atoms with Gasteiger partial charge in [0.15, 0.2) is 11.5 Å². The van der Waals surface area contributed by atoms with Crippen molar-refractivity contribution in [2.75, 3.05) is 20.0 Å². The first-order chi connectivity index (χ1) is 8.74. The summed E-state index contributed by atoms with van der Waals surface area (Å²) in [6.07, 6.45) is 0. The fourth-order valence-corrected chi connectivity index (χ4v) is 1.50. The van der Waals surface area contributed by atoms with Gasteiger partial charge in [-0.3, -0.25) is 0 Å². The number of benzene rings is 1. The smallest absolute Gasteiger partial charge is 0.222 e.